The lowest BCUT2D eigenvalue weighted by Gasteiger charge is -2.11. The molecule has 0 saturated carbocycles. The van der Waals surface area contributed by atoms with Gasteiger partial charge in [-0.2, -0.15) is 5.26 Å². The smallest absolute Gasteiger partial charge is 0.303 e. The van der Waals surface area contributed by atoms with Gasteiger partial charge in [-0.15, -0.1) is 4.99 Å². The largest absolute Gasteiger partial charge is 0.454 e. The zero-order chi connectivity index (χ0) is 13.2. The lowest BCUT2D eigenvalue weighted by Crippen LogP contribution is -2.19. The molecule has 1 atom stereocenters. The molecule has 94 valence electrons. The summed E-state index contributed by atoms with van der Waals surface area (Å²) in [6, 6.07) is 14.8. The van der Waals surface area contributed by atoms with Gasteiger partial charge in [0, 0.05) is 12.6 Å². The number of rotatable bonds is 1. The van der Waals surface area contributed by atoms with Crippen molar-refractivity contribution in [3.63, 3.8) is 0 Å². The highest BCUT2D eigenvalue weighted by molar-refractivity contribution is 5.87. The standard InChI is InChI=1S/C15H13N3O/c1-18-9-14(19-15(18)17-10-16)13-8-4-6-11-5-2-3-7-12(11)13/h2-8,14H,9H2,1H3. The number of benzene rings is 2. The maximum Gasteiger partial charge on any atom is 0.303 e. The van der Waals surface area contributed by atoms with Gasteiger partial charge in [0.2, 0.25) is 6.19 Å². The lowest BCUT2D eigenvalue weighted by atomic mass is 10.0. The topological polar surface area (TPSA) is 48.6 Å². The first-order valence-corrected chi connectivity index (χ1v) is 6.12. The Hall–Kier alpha value is -2.54. The number of ether oxygens (including phenoxy) is 1. The monoisotopic (exact) mass is 251 g/mol. The van der Waals surface area contributed by atoms with Crippen LogP contribution in [-0.4, -0.2) is 24.5 Å². The van der Waals surface area contributed by atoms with E-state index in [0.29, 0.717) is 12.6 Å². The van der Waals surface area contributed by atoms with Crippen LogP contribution in [-0.2, 0) is 4.74 Å². The molecule has 0 spiro atoms. The molecule has 2 aromatic carbocycles. The van der Waals surface area contributed by atoms with Crippen molar-refractivity contribution in [1.82, 2.24) is 4.90 Å². The Morgan fingerprint density at radius 2 is 2.05 bits per heavy atom. The predicted octanol–water partition coefficient (Wildman–Crippen LogP) is 2.68. The maximum atomic E-state index is 8.63. The van der Waals surface area contributed by atoms with Gasteiger partial charge >= 0.3 is 6.02 Å². The summed E-state index contributed by atoms with van der Waals surface area (Å²) in [5.41, 5.74) is 1.13. The molecule has 1 saturated heterocycles. The lowest BCUT2D eigenvalue weighted by molar-refractivity contribution is 0.237. The Kier molecular flexibility index (Phi) is 2.81. The third-order valence-corrected chi connectivity index (χ3v) is 3.33. The minimum absolute atomic E-state index is 0.0804. The van der Waals surface area contributed by atoms with Gasteiger partial charge in [-0.05, 0) is 10.8 Å². The van der Waals surface area contributed by atoms with Gasteiger partial charge in [-0.3, -0.25) is 0 Å². The number of aliphatic imine (C=N–C) groups is 1. The highest BCUT2D eigenvalue weighted by Crippen LogP contribution is 2.30. The zero-order valence-corrected chi connectivity index (χ0v) is 10.6. The predicted molar refractivity (Wildman–Crippen MR) is 73.5 cm³/mol. The molecule has 1 aliphatic rings. The second-order valence-electron chi connectivity index (χ2n) is 4.55. The SMILES string of the molecule is CN1CC(c2cccc3ccccc23)OC1=NC#N. The van der Waals surface area contributed by atoms with Crippen molar-refractivity contribution in [1.29, 1.82) is 5.26 Å². The van der Waals surface area contributed by atoms with Gasteiger partial charge in [-0.25, -0.2) is 0 Å². The third kappa shape index (κ3) is 2.00. The van der Waals surface area contributed by atoms with Crippen LogP contribution in [0.25, 0.3) is 10.8 Å². The van der Waals surface area contributed by atoms with Crippen LogP contribution in [0.1, 0.15) is 11.7 Å². The van der Waals surface area contributed by atoms with Crippen LogP contribution in [0, 0.1) is 11.5 Å². The normalized spacial score (nSPS) is 20.5. The average molecular weight is 251 g/mol. The fourth-order valence-corrected chi connectivity index (χ4v) is 2.43. The number of fused-ring (bicyclic) bond motifs is 1. The van der Waals surface area contributed by atoms with Crippen molar-refractivity contribution >= 4 is 16.8 Å². The van der Waals surface area contributed by atoms with E-state index >= 15 is 0 Å². The molecule has 1 unspecified atom stereocenters. The molecule has 1 fully saturated rings. The summed E-state index contributed by atoms with van der Waals surface area (Å²) in [6.45, 7) is 0.703. The Balaban J connectivity index is 2.03. The number of hydrogen-bond donors (Lipinski definition) is 0. The molecule has 4 heteroatoms. The molecule has 4 nitrogen and oxygen atoms in total. The van der Waals surface area contributed by atoms with Gasteiger partial charge in [0.05, 0.1) is 6.54 Å². The molecule has 0 aromatic heterocycles. The molecule has 0 amide bonds. The van der Waals surface area contributed by atoms with E-state index in [4.69, 9.17) is 10.00 Å². The van der Waals surface area contributed by atoms with E-state index in [1.54, 1.807) is 6.19 Å². The van der Waals surface area contributed by atoms with Gasteiger partial charge in [-0.1, -0.05) is 42.5 Å². The summed E-state index contributed by atoms with van der Waals surface area (Å²) in [5.74, 6) is 0. The second kappa shape index (κ2) is 4.62. The molecule has 3 rings (SSSR count). The van der Waals surface area contributed by atoms with Crippen LogP contribution >= 0.6 is 0 Å². The molecule has 2 aromatic rings. The van der Waals surface area contributed by atoms with Crippen LogP contribution in [0.2, 0.25) is 0 Å². The Morgan fingerprint density at radius 3 is 2.89 bits per heavy atom. The maximum absolute atomic E-state index is 8.63. The first kappa shape index (κ1) is 11.5. The van der Waals surface area contributed by atoms with Gasteiger partial charge in [0.25, 0.3) is 0 Å². The average Bonchev–Trinajstić information content (AvgIpc) is 2.80. The molecule has 0 bridgehead atoms. The van der Waals surface area contributed by atoms with Crippen molar-refractivity contribution < 1.29 is 4.74 Å². The van der Waals surface area contributed by atoms with Crippen LogP contribution in [0.4, 0.5) is 0 Å². The van der Waals surface area contributed by atoms with Gasteiger partial charge < -0.3 is 9.64 Å². The van der Waals surface area contributed by atoms with E-state index in [-0.39, 0.29) is 6.10 Å². The van der Waals surface area contributed by atoms with E-state index in [0.717, 1.165) is 5.56 Å². The summed E-state index contributed by atoms with van der Waals surface area (Å²) in [5, 5.41) is 11.0. The molecular weight excluding hydrogens is 238 g/mol. The summed E-state index contributed by atoms with van der Waals surface area (Å²) < 4.78 is 5.76. The molecular formula is C15H13N3O. The molecule has 0 N–H and O–H groups in total. The zero-order valence-electron chi connectivity index (χ0n) is 10.6. The van der Waals surface area contributed by atoms with Gasteiger partial charge in [0.15, 0.2) is 0 Å². The summed E-state index contributed by atoms with van der Waals surface area (Å²) in [4.78, 5) is 5.54. The highest BCUT2D eigenvalue weighted by atomic mass is 16.5. The Morgan fingerprint density at radius 1 is 1.26 bits per heavy atom. The summed E-state index contributed by atoms with van der Waals surface area (Å²) >= 11 is 0. The fraction of sp³-hybridized carbons (Fsp3) is 0.200. The van der Waals surface area contributed by atoms with Crippen LogP contribution in [0.15, 0.2) is 47.5 Å². The number of amidine groups is 1. The molecule has 1 heterocycles. The number of hydrogen-bond acceptors (Lipinski definition) is 3. The fourth-order valence-electron chi connectivity index (χ4n) is 2.43. The van der Waals surface area contributed by atoms with Crippen LogP contribution < -0.4 is 0 Å². The Labute approximate surface area is 111 Å². The van der Waals surface area contributed by atoms with Crippen molar-refractivity contribution in [2.45, 2.75) is 6.10 Å². The first-order chi connectivity index (χ1) is 9.29. The van der Waals surface area contributed by atoms with E-state index < -0.39 is 0 Å². The first-order valence-electron chi connectivity index (χ1n) is 6.12. The molecule has 1 aliphatic heterocycles. The van der Waals surface area contributed by atoms with Crippen molar-refractivity contribution in [3.05, 3.63) is 48.0 Å². The molecule has 0 aliphatic carbocycles. The number of nitrogens with zero attached hydrogens (tertiary/aromatic N) is 3. The second-order valence-corrected chi connectivity index (χ2v) is 4.55. The van der Waals surface area contributed by atoms with Gasteiger partial charge in [0.1, 0.15) is 6.10 Å². The highest BCUT2D eigenvalue weighted by Gasteiger charge is 2.29. The third-order valence-electron chi connectivity index (χ3n) is 3.33. The van der Waals surface area contributed by atoms with Crippen LogP contribution in [0.3, 0.4) is 0 Å². The van der Waals surface area contributed by atoms with Crippen LogP contribution in [0.5, 0.6) is 0 Å². The van der Waals surface area contributed by atoms with E-state index in [9.17, 15) is 0 Å². The van der Waals surface area contributed by atoms with E-state index in [1.165, 1.54) is 10.8 Å². The minimum atomic E-state index is -0.0804. The summed E-state index contributed by atoms with van der Waals surface area (Å²) in [7, 11) is 1.88. The minimum Gasteiger partial charge on any atom is -0.454 e. The molecule has 19 heavy (non-hydrogen) atoms. The van der Waals surface area contributed by atoms with E-state index in [1.807, 2.05) is 30.1 Å². The van der Waals surface area contributed by atoms with Crippen molar-refractivity contribution in [3.8, 4) is 6.19 Å². The summed E-state index contributed by atoms with van der Waals surface area (Å²) in [6.07, 6.45) is 1.69. The van der Waals surface area contributed by atoms with Crippen molar-refractivity contribution in [2.75, 3.05) is 13.6 Å². The van der Waals surface area contributed by atoms with E-state index in [2.05, 4.69) is 29.3 Å². The Bertz CT molecular complexity index is 682. The van der Waals surface area contributed by atoms with Crippen molar-refractivity contribution in [2.24, 2.45) is 4.99 Å². The number of nitriles is 1. The number of likely N-dealkylation sites (N-methyl/N-ethyl adjacent to an activating group) is 1. The quantitative estimate of drug-likeness (QED) is 0.732. The molecule has 0 radical (unpaired) electrons.